The summed E-state index contributed by atoms with van der Waals surface area (Å²) in [6.07, 6.45) is 1.38. The number of thioether (sulfide) groups is 1. The van der Waals surface area contributed by atoms with Crippen molar-refractivity contribution in [3.63, 3.8) is 0 Å². The van der Waals surface area contributed by atoms with E-state index in [1.807, 2.05) is 73.7 Å². The van der Waals surface area contributed by atoms with Crippen molar-refractivity contribution in [3.05, 3.63) is 89.6 Å². The highest BCUT2D eigenvalue weighted by Crippen LogP contribution is 2.45. The Labute approximate surface area is 212 Å². The van der Waals surface area contributed by atoms with Gasteiger partial charge in [-0.3, -0.25) is 10.1 Å². The number of fused-ring (bicyclic) bond motifs is 1. The Morgan fingerprint density at radius 1 is 1.08 bits per heavy atom. The molecule has 0 bridgehead atoms. The molecule has 0 radical (unpaired) electrons. The fraction of sp³-hybridized carbons (Fsp3) is 0.179. The highest BCUT2D eigenvalue weighted by Gasteiger charge is 2.25. The number of hydrogen-bond donors (Lipinski definition) is 2. The molecule has 1 unspecified atom stereocenters. The lowest BCUT2D eigenvalue weighted by molar-refractivity contribution is -0.136. The van der Waals surface area contributed by atoms with E-state index in [-0.39, 0.29) is 6.42 Å². The Hall–Kier alpha value is -4.04. The number of nitrogens with zero attached hydrogens (tertiary/aromatic N) is 1. The van der Waals surface area contributed by atoms with Crippen molar-refractivity contribution in [2.75, 3.05) is 11.1 Å². The summed E-state index contributed by atoms with van der Waals surface area (Å²) >= 11 is 1.74. The number of rotatable bonds is 7. The molecule has 1 aromatic heterocycles. The summed E-state index contributed by atoms with van der Waals surface area (Å²) < 4.78 is 11.1. The minimum Gasteiger partial charge on any atom is -0.481 e. The first-order chi connectivity index (χ1) is 17.5. The molecular formula is C28H24N2O5S. The molecular weight excluding hydrogens is 476 g/mol. The van der Waals surface area contributed by atoms with E-state index >= 15 is 0 Å². The molecule has 5 rings (SSSR count). The van der Waals surface area contributed by atoms with Gasteiger partial charge in [0, 0.05) is 16.2 Å². The molecule has 7 nitrogen and oxygen atoms in total. The van der Waals surface area contributed by atoms with Crippen LogP contribution in [0.5, 0.6) is 0 Å². The summed E-state index contributed by atoms with van der Waals surface area (Å²) in [5, 5.41) is 15.7. The van der Waals surface area contributed by atoms with Gasteiger partial charge in [0.2, 0.25) is 0 Å². The number of carboxylic acid groups (broad SMARTS) is 1. The van der Waals surface area contributed by atoms with Crippen molar-refractivity contribution in [1.82, 2.24) is 5.16 Å². The molecule has 1 aliphatic rings. The van der Waals surface area contributed by atoms with Crippen LogP contribution in [0.4, 0.5) is 10.5 Å². The van der Waals surface area contributed by atoms with Gasteiger partial charge in [0.05, 0.1) is 12.6 Å². The number of hydrogen-bond acceptors (Lipinski definition) is 6. The smallest absolute Gasteiger partial charge is 0.412 e. The van der Waals surface area contributed by atoms with E-state index in [9.17, 15) is 9.59 Å². The second kappa shape index (κ2) is 10.3. The van der Waals surface area contributed by atoms with Crippen LogP contribution in [0.3, 0.4) is 0 Å². The molecule has 36 heavy (non-hydrogen) atoms. The van der Waals surface area contributed by atoms with Crippen LogP contribution in [-0.2, 0) is 22.4 Å². The van der Waals surface area contributed by atoms with E-state index in [0.717, 1.165) is 44.9 Å². The van der Waals surface area contributed by atoms with Crippen LogP contribution in [-0.4, -0.2) is 28.1 Å². The summed E-state index contributed by atoms with van der Waals surface area (Å²) in [5.74, 6) is 0.567. The van der Waals surface area contributed by atoms with Gasteiger partial charge in [-0.15, -0.1) is 11.8 Å². The van der Waals surface area contributed by atoms with Gasteiger partial charge in [-0.2, -0.15) is 0 Å². The van der Waals surface area contributed by atoms with Gasteiger partial charge in [0.15, 0.2) is 5.76 Å². The van der Waals surface area contributed by atoms with Gasteiger partial charge < -0.3 is 14.4 Å². The minimum atomic E-state index is -0.848. The molecule has 4 aromatic rings. The lowest BCUT2D eigenvalue weighted by Crippen LogP contribution is -2.16. The summed E-state index contributed by atoms with van der Waals surface area (Å²) in [5.41, 5.74) is 6.31. The molecule has 0 spiro atoms. The highest BCUT2D eigenvalue weighted by molar-refractivity contribution is 7.99. The second-order valence-corrected chi connectivity index (χ2v) is 9.59. The number of nitrogens with one attached hydrogen (secondary N) is 1. The zero-order chi connectivity index (χ0) is 25.1. The number of carbonyl (C=O) groups is 2. The third kappa shape index (κ3) is 4.99. The van der Waals surface area contributed by atoms with Crippen LogP contribution < -0.4 is 5.32 Å². The number of amides is 1. The van der Waals surface area contributed by atoms with Crippen LogP contribution >= 0.6 is 11.8 Å². The molecule has 3 aromatic carbocycles. The van der Waals surface area contributed by atoms with Crippen molar-refractivity contribution in [2.24, 2.45) is 0 Å². The van der Waals surface area contributed by atoms with Crippen molar-refractivity contribution in [1.29, 1.82) is 0 Å². The minimum absolute atomic E-state index is 0.00100. The van der Waals surface area contributed by atoms with E-state index < -0.39 is 18.2 Å². The zero-order valence-electron chi connectivity index (χ0n) is 19.6. The van der Waals surface area contributed by atoms with Gasteiger partial charge in [-0.05, 0) is 47.2 Å². The number of benzene rings is 3. The fourth-order valence-electron chi connectivity index (χ4n) is 4.34. The van der Waals surface area contributed by atoms with Crippen LogP contribution in [0, 0.1) is 0 Å². The van der Waals surface area contributed by atoms with Gasteiger partial charge in [0.25, 0.3) is 0 Å². The topological polar surface area (TPSA) is 102 Å². The van der Waals surface area contributed by atoms with E-state index in [0.29, 0.717) is 11.4 Å². The van der Waals surface area contributed by atoms with Crippen molar-refractivity contribution in [3.8, 4) is 22.5 Å². The van der Waals surface area contributed by atoms with E-state index in [4.69, 9.17) is 14.4 Å². The van der Waals surface area contributed by atoms with Gasteiger partial charge in [-0.25, -0.2) is 4.79 Å². The average Bonchev–Trinajstić information content (AvgIpc) is 3.54. The second-order valence-electron chi connectivity index (χ2n) is 8.49. The molecule has 0 aliphatic carbocycles. The number of carbonyl (C=O) groups excluding carboxylic acids is 1. The Balaban J connectivity index is 1.38. The van der Waals surface area contributed by atoms with Crippen LogP contribution in [0.2, 0.25) is 0 Å². The normalized spacial score (nSPS) is 13.1. The number of aliphatic carboxylic acids is 1. The predicted octanol–water partition coefficient (Wildman–Crippen LogP) is 6.59. The molecule has 8 heteroatoms. The number of anilines is 1. The maximum Gasteiger partial charge on any atom is 0.412 e. The third-order valence-corrected chi connectivity index (χ3v) is 7.25. The maximum absolute atomic E-state index is 12.6. The van der Waals surface area contributed by atoms with Crippen LogP contribution in [0.1, 0.15) is 29.7 Å². The lowest BCUT2D eigenvalue weighted by atomic mass is 9.94. The highest BCUT2D eigenvalue weighted by atomic mass is 32.2. The summed E-state index contributed by atoms with van der Waals surface area (Å²) in [7, 11) is 0. The number of ether oxygens (including phenoxy) is 1. The van der Waals surface area contributed by atoms with Gasteiger partial charge in [-0.1, -0.05) is 65.8 Å². The first kappa shape index (κ1) is 23.7. The zero-order valence-corrected chi connectivity index (χ0v) is 20.4. The molecule has 1 atom stereocenters. The molecule has 1 aliphatic heterocycles. The average molecular weight is 501 g/mol. The summed E-state index contributed by atoms with van der Waals surface area (Å²) in [6.45, 7) is 1.82. The molecule has 2 N–H and O–H groups in total. The Kier molecular flexibility index (Phi) is 6.77. The Morgan fingerprint density at radius 3 is 2.58 bits per heavy atom. The molecule has 2 heterocycles. The molecule has 0 fully saturated rings. The van der Waals surface area contributed by atoms with E-state index in [1.54, 1.807) is 11.8 Å². The third-order valence-electron chi connectivity index (χ3n) is 6.08. The van der Waals surface area contributed by atoms with Gasteiger partial charge in [0.1, 0.15) is 11.8 Å². The Morgan fingerprint density at radius 2 is 1.83 bits per heavy atom. The van der Waals surface area contributed by atoms with Crippen LogP contribution in [0.15, 0.2) is 82.3 Å². The fourth-order valence-corrected chi connectivity index (χ4v) is 5.55. The molecule has 182 valence electrons. The van der Waals surface area contributed by atoms with E-state index in [2.05, 4.69) is 10.5 Å². The number of carboxylic acids is 1. The maximum atomic E-state index is 12.6. The first-order valence-corrected chi connectivity index (χ1v) is 12.6. The first-order valence-electron chi connectivity index (χ1n) is 11.6. The summed E-state index contributed by atoms with van der Waals surface area (Å²) in [6, 6.07) is 21.2. The summed E-state index contributed by atoms with van der Waals surface area (Å²) in [4.78, 5) is 24.7. The van der Waals surface area contributed by atoms with Crippen LogP contribution in [0.25, 0.3) is 22.5 Å². The molecule has 0 saturated carbocycles. The quantitative estimate of drug-likeness (QED) is 0.295. The van der Waals surface area contributed by atoms with Crippen molar-refractivity contribution in [2.45, 2.75) is 30.8 Å². The van der Waals surface area contributed by atoms with Gasteiger partial charge >= 0.3 is 12.1 Å². The largest absolute Gasteiger partial charge is 0.481 e. The van der Waals surface area contributed by atoms with Crippen molar-refractivity contribution >= 4 is 29.5 Å². The molecule has 0 saturated heterocycles. The van der Waals surface area contributed by atoms with E-state index in [1.165, 1.54) is 11.8 Å². The monoisotopic (exact) mass is 500 g/mol. The predicted molar refractivity (Wildman–Crippen MR) is 138 cm³/mol. The Bertz CT molecular complexity index is 1400. The standard InChI is InChI=1S/C28H24N2O5S/c1-17(19-5-3-2-4-6-19)34-28(33)30-24-16-29-35-26(24)23-12-11-21(22-13-14-36-27(22)23)20-9-7-18(8-10-20)15-25(31)32/h2-12,16-17H,13-15H2,1H3,(H,30,33)(H,31,32). The number of aromatic nitrogens is 1. The lowest BCUT2D eigenvalue weighted by Gasteiger charge is -2.15. The van der Waals surface area contributed by atoms with Crippen molar-refractivity contribution < 1.29 is 24.0 Å². The SMILES string of the molecule is CC(OC(=O)Nc1cnoc1-c1ccc(-c2ccc(CC(=O)O)cc2)c2c1SCC2)c1ccccc1. The molecule has 1 amide bonds.